The number of sulfonamides is 1. The number of nitrogens with zero attached hydrogens (tertiary/aromatic N) is 2. The minimum atomic E-state index is -3.82. The van der Waals surface area contributed by atoms with Crippen molar-refractivity contribution in [2.45, 2.75) is 11.1 Å². The van der Waals surface area contributed by atoms with Crippen molar-refractivity contribution in [2.24, 2.45) is 0 Å². The van der Waals surface area contributed by atoms with Gasteiger partial charge in [-0.05, 0) is 24.3 Å². The predicted molar refractivity (Wildman–Crippen MR) is 108 cm³/mol. The van der Waals surface area contributed by atoms with E-state index in [1.807, 2.05) is 0 Å². The van der Waals surface area contributed by atoms with Crippen molar-refractivity contribution >= 4 is 33.4 Å². The average Bonchev–Trinajstić information content (AvgIpc) is 3.22. The summed E-state index contributed by atoms with van der Waals surface area (Å²) in [5.74, 6) is -1.61. The Labute approximate surface area is 180 Å². The third-order valence-electron chi connectivity index (χ3n) is 4.82. The molecule has 0 aromatic heterocycles. The van der Waals surface area contributed by atoms with E-state index < -0.39 is 28.1 Å². The quantitative estimate of drug-likeness (QED) is 0.514. The molecule has 0 spiro atoms. The fraction of sp³-hybridized carbons (Fsp3) is 0.556. The summed E-state index contributed by atoms with van der Waals surface area (Å²) in [4.78, 5) is 26.2. The lowest BCUT2D eigenvalue weighted by Crippen LogP contribution is -2.48. The van der Waals surface area contributed by atoms with Crippen LogP contribution in [-0.2, 0) is 29.1 Å². The van der Waals surface area contributed by atoms with Gasteiger partial charge in [0.05, 0.1) is 31.3 Å². The van der Waals surface area contributed by atoms with Gasteiger partial charge in [0, 0.05) is 37.7 Å². The van der Waals surface area contributed by atoms with Crippen molar-refractivity contribution in [2.75, 3.05) is 59.1 Å². The van der Waals surface area contributed by atoms with E-state index in [9.17, 15) is 18.0 Å². The van der Waals surface area contributed by atoms with E-state index in [2.05, 4.69) is 15.5 Å². The Bertz CT molecular complexity index is 845. The summed E-state index contributed by atoms with van der Waals surface area (Å²) in [7, 11) is -3.82. The number of ether oxygens (including phenoxy) is 2. The highest BCUT2D eigenvalue weighted by atomic mass is 35.5. The standard InChI is InChI=1S/C18H25ClN4O6S/c19-14-1-3-15(4-2-14)30(26,27)23-9-12-29-16(23)13-21-18(25)17(24)20-5-6-22-7-10-28-11-8-22/h1-4,16H,5-13H2,(H,20,24)(H,21,25). The van der Waals surface area contributed by atoms with Gasteiger partial charge in [0.1, 0.15) is 6.23 Å². The van der Waals surface area contributed by atoms with Crippen molar-refractivity contribution < 1.29 is 27.5 Å². The number of amides is 2. The summed E-state index contributed by atoms with van der Waals surface area (Å²) in [6.07, 6.45) is -0.893. The number of hydrogen-bond donors (Lipinski definition) is 2. The Morgan fingerprint density at radius 1 is 1.03 bits per heavy atom. The number of hydrogen-bond acceptors (Lipinski definition) is 7. The van der Waals surface area contributed by atoms with Gasteiger partial charge in [0.2, 0.25) is 10.0 Å². The highest BCUT2D eigenvalue weighted by Crippen LogP contribution is 2.23. The van der Waals surface area contributed by atoms with E-state index in [1.165, 1.54) is 24.3 Å². The second kappa shape index (κ2) is 10.5. The van der Waals surface area contributed by atoms with Crippen LogP contribution in [0.2, 0.25) is 5.02 Å². The molecule has 12 heteroatoms. The van der Waals surface area contributed by atoms with E-state index >= 15 is 0 Å². The maximum atomic E-state index is 12.8. The van der Waals surface area contributed by atoms with Crippen LogP contribution in [0.5, 0.6) is 0 Å². The van der Waals surface area contributed by atoms with E-state index in [0.29, 0.717) is 31.3 Å². The predicted octanol–water partition coefficient (Wildman–Crippen LogP) is -0.748. The maximum Gasteiger partial charge on any atom is 0.309 e. The molecule has 1 unspecified atom stereocenters. The number of benzene rings is 1. The summed E-state index contributed by atoms with van der Waals surface area (Å²) >= 11 is 5.82. The summed E-state index contributed by atoms with van der Waals surface area (Å²) < 4.78 is 37.5. The second-order valence-corrected chi connectivity index (χ2v) is 9.14. The number of rotatable bonds is 7. The molecular weight excluding hydrogens is 436 g/mol. The first-order valence-corrected chi connectivity index (χ1v) is 11.4. The van der Waals surface area contributed by atoms with E-state index in [4.69, 9.17) is 21.1 Å². The third kappa shape index (κ3) is 5.90. The monoisotopic (exact) mass is 460 g/mol. The Morgan fingerprint density at radius 2 is 1.70 bits per heavy atom. The molecule has 166 valence electrons. The van der Waals surface area contributed by atoms with Crippen molar-refractivity contribution in [1.29, 1.82) is 0 Å². The molecule has 0 saturated carbocycles. The normalized spacial score (nSPS) is 20.8. The minimum Gasteiger partial charge on any atom is -0.379 e. The summed E-state index contributed by atoms with van der Waals surface area (Å²) in [6.45, 7) is 4.07. The zero-order valence-corrected chi connectivity index (χ0v) is 18.0. The zero-order valence-electron chi connectivity index (χ0n) is 16.4. The van der Waals surface area contributed by atoms with Crippen LogP contribution in [0.15, 0.2) is 29.2 Å². The first-order chi connectivity index (χ1) is 14.4. The third-order valence-corrected chi connectivity index (χ3v) is 6.98. The molecule has 2 fully saturated rings. The lowest BCUT2D eigenvalue weighted by Gasteiger charge is -2.26. The van der Waals surface area contributed by atoms with Crippen LogP contribution < -0.4 is 10.6 Å². The Kier molecular flexibility index (Phi) is 8.03. The Balaban J connectivity index is 1.47. The van der Waals surface area contributed by atoms with Gasteiger partial charge in [0.25, 0.3) is 0 Å². The van der Waals surface area contributed by atoms with Gasteiger partial charge in [-0.3, -0.25) is 14.5 Å². The van der Waals surface area contributed by atoms with E-state index in [0.717, 1.165) is 17.4 Å². The average molecular weight is 461 g/mol. The van der Waals surface area contributed by atoms with Crippen LogP contribution in [0.25, 0.3) is 0 Å². The molecule has 2 saturated heterocycles. The van der Waals surface area contributed by atoms with Crippen molar-refractivity contribution in [3.63, 3.8) is 0 Å². The second-order valence-electron chi connectivity index (χ2n) is 6.82. The molecule has 10 nitrogen and oxygen atoms in total. The van der Waals surface area contributed by atoms with E-state index in [1.54, 1.807) is 0 Å². The highest BCUT2D eigenvalue weighted by molar-refractivity contribution is 7.89. The topological polar surface area (TPSA) is 117 Å². The zero-order chi connectivity index (χ0) is 21.6. The SMILES string of the molecule is O=C(NCCN1CCOCC1)C(=O)NCC1OCCN1S(=O)(=O)c1ccc(Cl)cc1. The molecule has 30 heavy (non-hydrogen) atoms. The summed E-state index contributed by atoms with van der Waals surface area (Å²) in [5.41, 5.74) is 0. The lowest BCUT2D eigenvalue weighted by molar-refractivity contribution is -0.139. The maximum absolute atomic E-state index is 12.8. The van der Waals surface area contributed by atoms with Gasteiger partial charge in [-0.1, -0.05) is 11.6 Å². The highest BCUT2D eigenvalue weighted by Gasteiger charge is 2.36. The van der Waals surface area contributed by atoms with Crippen LogP contribution in [0.4, 0.5) is 0 Å². The van der Waals surface area contributed by atoms with Gasteiger partial charge in [0.15, 0.2) is 0 Å². The lowest BCUT2D eigenvalue weighted by atomic mass is 10.4. The molecule has 0 radical (unpaired) electrons. The van der Waals surface area contributed by atoms with Crippen LogP contribution in [0, 0.1) is 0 Å². The summed E-state index contributed by atoms with van der Waals surface area (Å²) in [5, 5.41) is 5.42. The smallest absolute Gasteiger partial charge is 0.309 e. The summed E-state index contributed by atoms with van der Waals surface area (Å²) in [6, 6.07) is 5.80. The van der Waals surface area contributed by atoms with Gasteiger partial charge < -0.3 is 20.1 Å². The Morgan fingerprint density at radius 3 is 2.40 bits per heavy atom. The Hall–Kier alpha value is -1.76. The molecule has 2 heterocycles. The molecule has 0 aliphatic carbocycles. The molecule has 1 aromatic rings. The van der Waals surface area contributed by atoms with Crippen molar-refractivity contribution in [3.05, 3.63) is 29.3 Å². The van der Waals surface area contributed by atoms with Crippen molar-refractivity contribution in [1.82, 2.24) is 19.8 Å². The molecule has 3 rings (SSSR count). The number of halogens is 1. The molecular formula is C18H25ClN4O6S. The van der Waals surface area contributed by atoms with Gasteiger partial charge in [-0.25, -0.2) is 8.42 Å². The molecule has 2 N–H and O–H groups in total. The van der Waals surface area contributed by atoms with Crippen LogP contribution >= 0.6 is 11.6 Å². The van der Waals surface area contributed by atoms with Gasteiger partial charge >= 0.3 is 11.8 Å². The first kappa shape index (κ1) is 22.9. The number of nitrogens with one attached hydrogen (secondary N) is 2. The molecule has 1 atom stereocenters. The minimum absolute atomic E-state index is 0.0783. The van der Waals surface area contributed by atoms with Crippen LogP contribution in [0.3, 0.4) is 0 Å². The van der Waals surface area contributed by atoms with Crippen LogP contribution in [-0.4, -0.2) is 94.8 Å². The van der Waals surface area contributed by atoms with Gasteiger partial charge in [-0.15, -0.1) is 0 Å². The fourth-order valence-electron chi connectivity index (χ4n) is 3.18. The molecule has 2 amide bonds. The van der Waals surface area contributed by atoms with Crippen LogP contribution in [0.1, 0.15) is 0 Å². The fourth-order valence-corrected chi connectivity index (χ4v) is 4.81. The molecule has 1 aromatic carbocycles. The number of morpholine rings is 1. The molecule has 0 bridgehead atoms. The largest absolute Gasteiger partial charge is 0.379 e. The van der Waals surface area contributed by atoms with Crippen molar-refractivity contribution in [3.8, 4) is 0 Å². The molecule has 2 aliphatic heterocycles. The van der Waals surface area contributed by atoms with Gasteiger partial charge in [-0.2, -0.15) is 4.31 Å². The van der Waals surface area contributed by atoms with E-state index in [-0.39, 0.29) is 24.6 Å². The number of carbonyl (C=O) groups is 2. The first-order valence-electron chi connectivity index (χ1n) is 9.63. The molecule has 2 aliphatic rings. The number of carbonyl (C=O) groups excluding carboxylic acids is 2.